The third-order valence-electron chi connectivity index (χ3n) is 5.88. The molecular formula is C27H27Cl2F5N2O4. The van der Waals surface area contributed by atoms with Crippen molar-refractivity contribution in [3.05, 3.63) is 75.8 Å². The molecule has 0 aromatic heterocycles. The zero-order valence-electron chi connectivity index (χ0n) is 21.3. The molecule has 218 valence electrons. The maximum Gasteiger partial charge on any atom is 0.405 e. The van der Waals surface area contributed by atoms with Gasteiger partial charge in [-0.25, -0.2) is 0 Å². The van der Waals surface area contributed by atoms with E-state index >= 15 is 0 Å². The van der Waals surface area contributed by atoms with Crippen molar-refractivity contribution in [2.75, 3.05) is 6.54 Å². The molecule has 3 N–H and O–H groups in total. The Balaban J connectivity index is 2.26. The normalized spacial score (nSPS) is 14.6. The fourth-order valence-electron chi connectivity index (χ4n) is 3.79. The van der Waals surface area contributed by atoms with Crippen LogP contribution in [0.15, 0.2) is 54.6 Å². The minimum absolute atomic E-state index is 0.312. The van der Waals surface area contributed by atoms with Crippen molar-refractivity contribution in [1.29, 1.82) is 0 Å². The van der Waals surface area contributed by atoms with Crippen molar-refractivity contribution in [2.45, 2.75) is 44.5 Å². The zero-order valence-corrected chi connectivity index (χ0v) is 22.8. The molecule has 0 saturated heterocycles. The highest BCUT2D eigenvalue weighted by Crippen LogP contribution is 2.33. The lowest BCUT2D eigenvalue weighted by atomic mass is 9.81. The highest BCUT2D eigenvalue weighted by Gasteiger charge is 2.51. The van der Waals surface area contributed by atoms with Gasteiger partial charge in [0.1, 0.15) is 18.7 Å². The number of carbonyl (C=O) groups is 3. The van der Waals surface area contributed by atoms with Crippen molar-refractivity contribution in [2.24, 2.45) is 11.8 Å². The lowest BCUT2D eigenvalue weighted by Crippen LogP contribution is -2.54. The van der Waals surface area contributed by atoms with Crippen LogP contribution in [0.5, 0.6) is 0 Å². The molecule has 0 unspecified atom stereocenters. The first-order valence-electron chi connectivity index (χ1n) is 11.9. The Hall–Kier alpha value is -3.02. The summed E-state index contributed by atoms with van der Waals surface area (Å²) in [6.45, 7) is 0.788. The lowest BCUT2D eigenvalue weighted by Gasteiger charge is -2.32. The Morgan fingerprint density at radius 2 is 1.55 bits per heavy atom. The molecule has 0 bridgehead atoms. The molecule has 0 radical (unpaired) electrons. The summed E-state index contributed by atoms with van der Waals surface area (Å²) >= 11 is 11.9. The number of ketones is 1. The molecule has 13 heteroatoms. The number of aliphatic hydroxyl groups excluding tert-OH is 1. The van der Waals surface area contributed by atoms with E-state index in [4.69, 9.17) is 23.2 Å². The van der Waals surface area contributed by atoms with Gasteiger partial charge in [0, 0.05) is 28.5 Å². The maximum absolute atomic E-state index is 14.7. The topological polar surface area (TPSA) is 95.5 Å². The number of hydrogen-bond donors (Lipinski definition) is 3. The number of carbonyl (C=O) groups excluding carboxylic acids is 3. The molecule has 0 aliphatic carbocycles. The third kappa shape index (κ3) is 9.87. The highest BCUT2D eigenvalue weighted by molar-refractivity contribution is 6.34. The molecule has 3 atom stereocenters. The molecule has 2 amide bonds. The number of amides is 2. The van der Waals surface area contributed by atoms with Crippen LogP contribution >= 0.6 is 23.2 Å². The van der Waals surface area contributed by atoms with Gasteiger partial charge in [-0.15, -0.1) is 0 Å². The summed E-state index contributed by atoms with van der Waals surface area (Å²) in [5.74, 6) is -10.8. The fourth-order valence-corrected chi connectivity index (χ4v) is 4.34. The first-order chi connectivity index (χ1) is 18.5. The standard InChI is InChI=1S/C27H27Cl2F5N2O4/c1-15(2)20(24(39)27(33,34)25(40)35-14-26(30,31)32)13-21(37)23(17-6-4-3-5-7-17)36-22(38)9-8-16-10-18(28)12-19(29)11-16/h3-12,15,20,23-24,39H,13-14H2,1-2H3,(H,35,40)(H,36,38)/b9-8+/t20-,23-,24+/m0/s1. The van der Waals surface area contributed by atoms with Crippen LogP contribution in [0, 0.1) is 11.8 Å². The molecule has 0 saturated carbocycles. The van der Waals surface area contributed by atoms with E-state index in [1.54, 1.807) is 18.2 Å². The molecule has 0 fully saturated rings. The van der Waals surface area contributed by atoms with E-state index in [0.717, 1.165) is 11.4 Å². The summed E-state index contributed by atoms with van der Waals surface area (Å²) in [5.41, 5.74) is 0.802. The van der Waals surface area contributed by atoms with Gasteiger partial charge in [0.25, 0.3) is 5.91 Å². The number of alkyl halides is 5. The van der Waals surface area contributed by atoms with Crippen molar-refractivity contribution in [1.82, 2.24) is 10.6 Å². The summed E-state index contributed by atoms with van der Waals surface area (Å²) in [4.78, 5) is 37.8. The molecule has 2 aromatic carbocycles. The number of nitrogens with one attached hydrogen (secondary N) is 2. The van der Waals surface area contributed by atoms with Crippen molar-refractivity contribution >= 4 is 46.9 Å². The number of benzene rings is 2. The number of aliphatic hydroxyl groups is 1. The summed E-state index contributed by atoms with van der Waals surface area (Å²) in [6, 6.07) is 11.1. The van der Waals surface area contributed by atoms with Crippen LogP contribution < -0.4 is 10.6 Å². The number of rotatable bonds is 12. The summed E-state index contributed by atoms with van der Waals surface area (Å²) in [6.07, 6.45) is -5.96. The van der Waals surface area contributed by atoms with Crippen LogP contribution in [0.3, 0.4) is 0 Å². The monoisotopic (exact) mass is 608 g/mol. The minimum Gasteiger partial charge on any atom is -0.386 e. The predicted octanol–water partition coefficient (Wildman–Crippen LogP) is 5.77. The second-order valence-electron chi connectivity index (χ2n) is 9.33. The van der Waals surface area contributed by atoms with Gasteiger partial charge in [0.15, 0.2) is 5.78 Å². The maximum atomic E-state index is 14.7. The molecular weight excluding hydrogens is 582 g/mol. The summed E-state index contributed by atoms with van der Waals surface area (Å²) in [7, 11) is 0. The van der Waals surface area contributed by atoms with E-state index in [-0.39, 0.29) is 0 Å². The Labute approximate surface area is 237 Å². The van der Waals surface area contributed by atoms with E-state index in [1.807, 2.05) is 0 Å². The van der Waals surface area contributed by atoms with Gasteiger partial charge in [0.05, 0.1) is 0 Å². The van der Waals surface area contributed by atoms with Crippen molar-refractivity contribution < 1.29 is 41.4 Å². The molecule has 6 nitrogen and oxygen atoms in total. The fraction of sp³-hybridized carbons (Fsp3) is 0.370. The molecule has 2 aromatic rings. The predicted molar refractivity (Wildman–Crippen MR) is 141 cm³/mol. The molecule has 40 heavy (non-hydrogen) atoms. The van der Waals surface area contributed by atoms with E-state index in [0.29, 0.717) is 21.2 Å². The Kier molecular flexibility index (Phi) is 11.7. The van der Waals surface area contributed by atoms with E-state index in [9.17, 15) is 41.4 Å². The Bertz CT molecular complexity index is 1200. The van der Waals surface area contributed by atoms with Gasteiger partial charge >= 0.3 is 12.1 Å². The highest BCUT2D eigenvalue weighted by atomic mass is 35.5. The zero-order chi connectivity index (χ0) is 30.3. The SMILES string of the molecule is CC(C)[C@H](CC(=O)[C@@H](NC(=O)/C=C/c1cc(Cl)cc(Cl)c1)c1ccccc1)[C@@H](O)C(F)(F)C(=O)NCC(F)(F)F. The molecule has 0 aliphatic rings. The van der Waals surface area contributed by atoms with Crippen LogP contribution in [0.25, 0.3) is 6.08 Å². The second kappa shape index (κ2) is 14.0. The Morgan fingerprint density at radius 1 is 0.975 bits per heavy atom. The Morgan fingerprint density at radius 3 is 2.08 bits per heavy atom. The van der Waals surface area contributed by atoms with Crippen molar-refractivity contribution in [3.63, 3.8) is 0 Å². The number of hydrogen-bond acceptors (Lipinski definition) is 4. The first-order valence-corrected chi connectivity index (χ1v) is 12.7. The average molecular weight is 609 g/mol. The average Bonchev–Trinajstić information content (AvgIpc) is 2.86. The van der Waals surface area contributed by atoms with E-state index in [1.165, 1.54) is 50.3 Å². The van der Waals surface area contributed by atoms with Crippen molar-refractivity contribution in [3.8, 4) is 0 Å². The largest absolute Gasteiger partial charge is 0.405 e. The van der Waals surface area contributed by atoms with Crippen LogP contribution in [-0.2, 0) is 14.4 Å². The van der Waals surface area contributed by atoms with Gasteiger partial charge in [-0.05, 0) is 41.3 Å². The van der Waals surface area contributed by atoms with Gasteiger partial charge < -0.3 is 15.7 Å². The minimum atomic E-state index is -4.95. The quantitative estimate of drug-likeness (QED) is 0.211. The van der Waals surface area contributed by atoms with E-state index in [2.05, 4.69) is 5.32 Å². The first kappa shape index (κ1) is 33.2. The van der Waals surface area contributed by atoms with E-state index < -0.39 is 66.6 Å². The smallest absolute Gasteiger partial charge is 0.386 e. The van der Waals surface area contributed by atoms with Gasteiger partial charge in [0.2, 0.25) is 5.91 Å². The van der Waals surface area contributed by atoms with Crippen LogP contribution in [-0.4, -0.2) is 47.5 Å². The van der Waals surface area contributed by atoms with Gasteiger partial charge in [-0.1, -0.05) is 67.4 Å². The van der Waals surface area contributed by atoms with Crippen LogP contribution in [0.4, 0.5) is 22.0 Å². The second-order valence-corrected chi connectivity index (χ2v) is 10.2. The summed E-state index contributed by atoms with van der Waals surface area (Å²) < 4.78 is 66.5. The molecule has 0 spiro atoms. The van der Waals surface area contributed by atoms with Crippen LogP contribution in [0.2, 0.25) is 10.0 Å². The van der Waals surface area contributed by atoms with Gasteiger partial charge in [-0.2, -0.15) is 22.0 Å². The third-order valence-corrected chi connectivity index (χ3v) is 6.31. The summed E-state index contributed by atoms with van der Waals surface area (Å²) in [5, 5.41) is 14.6. The number of Topliss-reactive ketones (excluding diaryl/α,β-unsaturated/α-hetero) is 1. The lowest BCUT2D eigenvalue weighted by molar-refractivity contribution is -0.178. The van der Waals surface area contributed by atoms with Gasteiger partial charge in [-0.3, -0.25) is 14.4 Å². The molecule has 0 aliphatic heterocycles. The molecule has 0 heterocycles. The number of halogens is 7. The molecule has 2 rings (SSSR count). The van der Waals surface area contributed by atoms with Crippen LogP contribution in [0.1, 0.15) is 37.4 Å².